The van der Waals surface area contributed by atoms with Gasteiger partial charge in [-0.1, -0.05) is 19.3 Å². The number of fused-ring (bicyclic) bond motifs is 1. The van der Waals surface area contributed by atoms with E-state index in [0.29, 0.717) is 55.6 Å². The highest BCUT2D eigenvalue weighted by atomic mass is 16.6. The van der Waals surface area contributed by atoms with Crippen LogP contribution in [0.4, 0.5) is 0 Å². The summed E-state index contributed by atoms with van der Waals surface area (Å²) in [6.45, 7) is 1.04. The lowest BCUT2D eigenvalue weighted by Crippen LogP contribution is -2.36. The molecule has 0 aromatic heterocycles. The van der Waals surface area contributed by atoms with Crippen molar-refractivity contribution in [2.75, 3.05) is 13.2 Å². The van der Waals surface area contributed by atoms with Gasteiger partial charge in [-0.15, -0.1) is 0 Å². The summed E-state index contributed by atoms with van der Waals surface area (Å²) in [4.78, 5) is 24.2. The zero-order chi connectivity index (χ0) is 16.8. The minimum Gasteiger partial charge on any atom is -0.486 e. The second-order valence-electron chi connectivity index (χ2n) is 6.54. The maximum Gasteiger partial charge on any atom is 0.220 e. The topological polar surface area (TPSA) is 64.6 Å². The van der Waals surface area contributed by atoms with Crippen LogP contribution in [0.15, 0.2) is 18.2 Å². The lowest BCUT2D eigenvalue weighted by atomic mass is 9.95. The second-order valence-corrected chi connectivity index (χ2v) is 6.54. The maximum absolute atomic E-state index is 12.3. The highest BCUT2D eigenvalue weighted by Gasteiger charge is 2.17. The van der Waals surface area contributed by atoms with Gasteiger partial charge in [0.25, 0.3) is 0 Å². The molecule has 1 aliphatic carbocycles. The highest BCUT2D eigenvalue weighted by Crippen LogP contribution is 2.31. The number of nitrogens with one attached hydrogen (secondary N) is 1. The van der Waals surface area contributed by atoms with Gasteiger partial charge in [-0.25, -0.2) is 0 Å². The van der Waals surface area contributed by atoms with Crippen molar-refractivity contribution in [2.45, 2.75) is 57.4 Å². The Labute approximate surface area is 142 Å². The van der Waals surface area contributed by atoms with Crippen molar-refractivity contribution in [1.82, 2.24) is 5.32 Å². The Bertz CT molecular complexity index is 593. The lowest BCUT2D eigenvalue weighted by molar-refractivity contribution is -0.122. The van der Waals surface area contributed by atoms with Gasteiger partial charge in [0.1, 0.15) is 13.2 Å². The van der Waals surface area contributed by atoms with Crippen LogP contribution in [0.2, 0.25) is 0 Å². The normalized spacial score (nSPS) is 17.3. The molecule has 3 rings (SSSR count). The minimum atomic E-state index is 0.0393. The summed E-state index contributed by atoms with van der Waals surface area (Å²) in [5.41, 5.74) is 0.618. The van der Waals surface area contributed by atoms with Crippen LogP contribution in [0.1, 0.15) is 61.7 Å². The molecule has 0 saturated heterocycles. The van der Waals surface area contributed by atoms with Crippen LogP contribution < -0.4 is 14.8 Å². The molecule has 1 amide bonds. The van der Waals surface area contributed by atoms with Crippen LogP contribution in [-0.2, 0) is 4.79 Å². The summed E-state index contributed by atoms with van der Waals surface area (Å²) in [6.07, 6.45) is 7.21. The van der Waals surface area contributed by atoms with Gasteiger partial charge >= 0.3 is 0 Å². The molecule has 2 aliphatic rings. The number of rotatable bonds is 6. The highest BCUT2D eigenvalue weighted by molar-refractivity contribution is 5.96. The molecule has 5 nitrogen and oxygen atoms in total. The molecular weight excluding hydrogens is 306 g/mol. The van der Waals surface area contributed by atoms with Gasteiger partial charge in [0.05, 0.1) is 0 Å². The molecule has 0 radical (unpaired) electrons. The molecule has 1 aromatic carbocycles. The van der Waals surface area contributed by atoms with Crippen molar-refractivity contribution in [3.63, 3.8) is 0 Å². The molecule has 1 aromatic rings. The van der Waals surface area contributed by atoms with Gasteiger partial charge in [-0.3, -0.25) is 9.59 Å². The first-order valence-corrected chi connectivity index (χ1v) is 8.94. The average Bonchev–Trinajstić information content (AvgIpc) is 2.62. The average molecular weight is 331 g/mol. The third-order valence-corrected chi connectivity index (χ3v) is 4.64. The smallest absolute Gasteiger partial charge is 0.220 e. The third kappa shape index (κ3) is 4.49. The number of Topliss-reactive ketones (excluding diaryl/α,β-unsaturated/α-hetero) is 1. The zero-order valence-corrected chi connectivity index (χ0v) is 14.0. The third-order valence-electron chi connectivity index (χ3n) is 4.64. The van der Waals surface area contributed by atoms with Gasteiger partial charge in [-0.05, 0) is 37.5 Å². The Morgan fingerprint density at radius 2 is 1.75 bits per heavy atom. The molecule has 0 unspecified atom stereocenters. The zero-order valence-electron chi connectivity index (χ0n) is 14.0. The van der Waals surface area contributed by atoms with E-state index in [1.807, 2.05) is 0 Å². The maximum atomic E-state index is 12.3. The van der Waals surface area contributed by atoms with Crippen LogP contribution in [0.3, 0.4) is 0 Å². The molecule has 1 aliphatic heterocycles. The fourth-order valence-corrected chi connectivity index (χ4v) is 3.32. The number of carbonyl (C=O) groups excluding carboxylic acids is 2. The van der Waals surface area contributed by atoms with Gasteiger partial charge in [0.2, 0.25) is 5.91 Å². The SMILES string of the molecule is O=C(CCCC(=O)c1ccc2c(c1)OCCO2)NC1CCCCC1. The number of amides is 1. The quantitative estimate of drug-likeness (QED) is 0.813. The molecule has 1 saturated carbocycles. The van der Waals surface area contributed by atoms with Crippen molar-refractivity contribution in [3.8, 4) is 11.5 Å². The monoisotopic (exact) mass is 331 g/mol. The van der Waals surface area contributed by atoms with Crippen LogP contribution in [0.5, 0.6) is 11.5 Å². The molecule has 24 heavy (non-hydrogen) atoms. The molecule has 1 heterocycles. The molecule has 0 atom stereocenters. The van der Waals surface area contributed by atoms with Crippen molar-refractivity contribution in [1.29, 1.82) is 0 Å². The molecule has 1 fully saturated rings. The van der Waals surface area contributed by atoms with Crippen LogP contribution in [0.25, 0.3) is 0 Å². The van der Waals surface area contributed by atoms with Crippen molar-refractivity contribution in [3.05, 3.63) is 23.8 Å². The fourth-order valence-electron chi connectivity index (χ4n) is 3.32. The Kier molecular flexibility index (Phi) is 5.72. The van der Waals surface area contributed by atoms with E-state index in [4.69, 9.17) is 9.47 Å². The number of ketones is 1. The molecule has 130 valence electrons. The summed E-state index contributed by atoms with van der Waals surface area (Å²) in [5, 5.41) is 3.09. The van der Waals surface area contributed by atoms with E-state index in [1.54, 1.807) is 18.2 Å². The first-order valence-electron chi connectivity index (χ1n) is 8.94. The molecule has 0 bridgehead atoms. The second kappa shape index (κ2) is 8.18. The van der Waals surface area contributed by atoms with Gasteiger partial charge < -0.3 is 14.8 Å². The molecule has 5 heteroatoms. The summed E-state index contributed by atoms with van der Waals surface area (Å²) >= 11 is 0. The summed E-state index contributed by atoms with van der Waals surface area (Å²) in [5.74, 6) is 1.42. The first kappa shape index (κ1) is 16.8. The van der Waals surface area contributed by atoms with Crippen LogP contribution >= 0.6 is 0 Å². The number of carbonyl (C=O) groups is 2. The molecular formula is C19H25NO4. The predicted molar refractivity (Wildman–Crippen MR) is 90.6 cm³/mol. The minimum absolute atomic E-state index is 0.0393. The van der Waals surface area contributed by atoms with Gasteiger partial charge in [-0.2, -0.15) is 0 Å². The summed E-state index contributed by atoms with van der Waals surface area (Å²) in [6, 6.07) is 5.61. The van der Waals surface area contributed by atoms with Gasteiger partial charge in [0, 0.05) is 24.4 Å². The van der Waals surface area contributed by atoms with Crippen LogP contribution in [0, 0.1) is 0 Å². The Balaban J connectivity index is 1.42. The van der Waals surface area contributed by atoms with E-state index >= 15 is 0 Å². The van der Waals surface area contributed by atoms with E-state index in [2.05, 4.69) is 5.32 Å². The Morgan fingerprint density at radius 3 is 2.54 bits per heavy atom. The number of hydrogen-bond acceptors (Lipinski definition) is 4. The van der Waals surface area contributed by atoms with Crippen molar-refractivity contribution >= 4 is 11.7 Å². The number of hydrogen-bond donors (Lipinski definition) is 1. The van der Waals surface area contributed by atoms with E-state index in [9.17, 15) is 9.59 Å². The van der Waals surface area contributed by atoms with E-state index in [-0.39, 0.29) is 11.7 Å². The van der Waals surface area contributed by atoms with E-state index < -0.39 is 0 Å². The van der Waals surface area contributed by atoms with E-state index in [0.717, 1.165) is 12.8 Å². The lowest BCUT2D eigenvalue weighted by Gasteiger charge is -2.22. The Morgan fingerprint density at radius 1 is 1.00 bits per heavy atom. The van der Waals surface area contributed by atoms with Crippen LogP contribution in [-0.4, -0.2) is 30.9 Å². The van der Waals surface area contributed by atoms with E-state index in [1.165, 1.54) is 19.3 Å². The largest absolute Gasteiger partial charge is 0.486 e. The standard InChI is InChI=1S/C19H25NO4/c21-16(14-9-10-17-18(13-14)24-12-11-23-17)7-4-8-19(22)20-15-5-2-1-3-6-15/h9-10,13,15H,1-8,11-12H2,(H,20,22). The summed E-state index contributed by atoms with van der Waals surface area (Å²) < 4.78 is 11.0. The number of benzene rings is 1. The molecule has 0 spiro atoms. The number of ether oxygens (including phenoxy) is 2. The molecule has 1 N–H and O–H groups in total. The predicted octanol–water partition coefficient (Wildman–Crippen LogP) is 3.26. The Hall–Kier alpha value is -2.04. The summed E-state index contributed by atoms with van der Waals surface area (Å²) in [7, 11) is 0. The van der Waals surface area contributed by atoms with Crippen molar-refractivity contribution in [2.24, 2.45) is 0 Å². The fraction of sp³-hybridized carbons (Fsp3) is 0.579. The van der Waals surface area contributed by atoms with Crippen molar-refractivity contribution < 1.29 is 19.1 Å². The first-order chi connectivity index (χ1) is 11.7. The van der Waals surface area contributed by atoms with Gasteiger partial charge in [0.15, 0.2) is 17.3 Å².